The van der Waals surface area contributed by atoms with Gasteiger partial charge in [-0.25, -0.2) is 0 Å². The van der Waals surface area contributed by atoms with Gasteiger partial charge in [-0.1, -0.05) is 19.3 Å². The van der Waals surface area contributed by atoms with Gasteiger partial charge in [-0.3, -0.25) is 9.69 Å². The van der Waals surface area contributed by atoms with Crippen molar-refractivity contribution in [2.24, 2.45) is 5.73 Å². The van der Waals surface area contributed by atoms with Gasteiger partial charge in [-0.05, 0) is 26.7 Å². The minimum Gasteiger partial charge on any atom is -0.377 e. The van der Waals surface area contributed by atoms with Crippen LogP contribution in [0.25, 0.3) is 0 Å². The third-order valence-corrected chi connectivity index (χ3v) is 4.69. The fourth-order valence-electron chi connectivity index (χ4n) is 3.30. The summed E-state index contributed by atoms with van der Waals surface area (Å²) in [6, 6.07) is 0. The van der Waals surface area contributed by atoms with Crippen LogP contribution in [0, 0.1) is 0 Å². The summed E-state index contributed by atoms with van der Waals surface area (Å²) in [5.41, 5.74) is 5.77. The zero-order valence-corrected chi connectivity index (χ0v) is 16.1. The number of hydrogen-bond donors (Lipinski definition) is 1. The lowest BCUT2D eigenvalue weighted by Gasteiger charge is -2.41. The number of rotatable bonds is 5. The van der Waals surface area contributed by atoms with Gasteiger partial charge in [-0.2, -0.15) is 0 Å². The van der Waals surface area contributed by atoms with Crippen molar-refractivity contribution in [3.8, 4) is 0 Å². The molecule has 1 aliphatic heterocycles. The lowest BCUT2D eigenvalue weighted by molar-refractivity contribution is -0.140. The number of nitrogens with zero attached hydrogens (tertiary/aromatic N) is 2. The van der Waals surface area contributed by atoms with Crippen LogP contribution >= 0.6 is 24.8 Å². The summed E-state index contributed by atoms with van der Waals surface area (Å²) in [5, 5.41) is 0. The van der Waals surface area contributed by atoms with Crippen LogP contribution in [-0.4, -0.2) is 66.7 Å². The fourth-order valence-corrected chi connectivity index (χ4v) is 3.30. The third kappa shape index (κ3) is 6.75. The van der Waals surface area contributed by atoms with Gasteiger partial charge in [0.1, 0.15) is 0 Å². The van der Waals surface area contributed by atoms with Gasteiger partial charge in [0, 0.05) is 32.7 Å². The van der Waals surface area contributed by atoms with Crippen LogP contribution in [-0.2, 0) is 9.53 Å². The van der Waals surface area contributed by atoms with Gasteiger partial charge < -0.3 is 15.4 Å². The molecule has 0 atom stereocenters. The van der Waals surface area contributed by atoms with Crippen LogP contribution in [0.3, 0.4) is 0 Å². The van der Waals surface area contributed by atoms with Crippen LogP contribution in [0.5, 0.6) is 0 Å². The SMILES string of the molecule is CC(C)OCCN1CCN(C(=O)C2(N)CCCCC2)CC1.Cl.Cl. The van der Waals surface area contributed by atoms with Crippen molar-refractivity contribution in [3.05, 3.63) is 0 Å². The second-order valence-electron chi connectivity index (χ2n) is 6.77. The molecule has 7 heteroatoms. The second kappa shape index (κ2) is 10.7. The number of ether oxygens (including phenoxy) is 1. The number of hydrogen-bond acceptors (Lipinski definition) is 4. The first-order valence-corrected chi connectivity index (χ1v) is 8.43. The maximum absolute atomic E-state index is 12.6. The maximum atomic E-state index is 12.6. The van der Waals surface area contributed by atoms with E-state index in [9.17, 15) is 4.79 Å². The molecule has 0 aromatic heterocycles. The zero-order chi connectivity index (χ0) is 15.3. The number of amides is 1. The van der Waals surface area contributed by atoms with Gasteiger partial charge in [0.2, 0.25) is 5.91 Å². The van der Waals surface area contributed by atoms with E-state index in [-0.39, 0.29) is 36.8 Å². The summed E-state index contributed by atoms with van der Waals surface area (Å²) in [6.07, 6.45) is 5.40. The van der Waals surface area contributed by atoms with E-state index in [0.717, 1.165) is 65.0 Å². The van der Waals surface area contributed by atoms with E-state index in [1.54, 1.807) is 0 Å². The highest BCUT2D eigenvalue weighted by Crippen LogP contribution is 2.28. The largest absolute Gasteiger partial charge is 0.377 e. The summed E-state index contributed by atoms with van der Waals surface area (Å²) in [5.74, 6) is 0.181. The molecule has 2 aliphatic rings. The third-order valence-electron chi connectivity index (χ3n) is 4.69. The van der Waals surface area contributed by atoms with E-state index in [1.165, 1.54) is 6.42 Å². The van der Waals surface area contributed by atoms with Crippen LogP contribution in [0.15, 0.2) is 0 Å². The molecular weight excluding hydrogens is 337 g/mol. The van der Waals surface area contributed by atoms with E-state index in [4.69, 9.17) is 10.5 Å². The van der Waals surface area contributed by atoms with Gasteiger partial charge in [-0.15, -0.1) is 24.8 Å². The summed E-state index contributed by atoms with van der Waals surface area (Å²) in [6.45, 7) is 9.31. The molecule has 0 aromatic carbocycles. The van der Waals surface area contributed by atoms with Crippen LogP contribution < -0.4 is 5.73 Å². The Hall–Kier alpha value is -0.0700. The molecule has 23 heavy (non-hydrogen) atoms. The Morgan fingerprint density at radius 3 is 2.17 bits per heavy atom. The van der Waals surface area contributed by atoms with Crippen LogP contribution in [0.4, 0.5) is 0 Å². The molecule has 1 saturated heterocycles. The summed E-state index contributed by atoms with van der Waals surface area (Å²) >= 11 is 0. The minimum absolute atomic E-state index is 0. The van der Waals surface area contributed by atoms with Gasteiger partial charge in [0.25, 0.3) is 0 Å². The van der Waals surface area contributed by atoms with Crippen LogP contribution in [0.2, 0.25) is 0 Å². The molecule has 1 aliphatic carbocycles. The zero-order valence-electron chi connectivity index (χ0n) is 14.5. The predicted octanol–water partition coefficient (Wildman–Crippen LogP) is 2.06. The molecule has 1 saturated carbocycles. The molecule has 1 amide bonds. The summed E-state index contributed by atoms with van der Waals surface area (Å²) < 4.78 is 5.59. The average Bonchev–Trinajstić information content (AvgIpc) is 2.48. The highest BCUT2D eigenvalue weighted by Gasteiger charge is 2.39. The molecule has 0 unspecified atom stereocenters. The molecule has 2 N–H and O–H groups in total. The molecule has 138 valence electrons. The first-order valence-electron chi connectivity index (χ1n) is 8.43. The molecule has 2 rings (SSSR count). The van der Waals surface area contributed by atoms with Crippen molar-refractivity contribution >= 4 is 30.7 Å². The van der Waals surface area contributed by atoms with Crippen molar-refractivity contribution in [1.29, 1.82) is 0 Å². The van der Waals surface area contributed by atoms with Crippen molar-refractivity contribution in [3.63, 3.8) is 0 Å². The van der Waals surface area contributed by atoms with Crippen molar-refractivity contribution in [2.75, 3.05) is 39.3 Å². The Balaban J connectivity index is 0.00000242. The molecule has 1 heterocycles. The molecule has 5 nitrogen and oxygen atoms in total. The molecule has 2 fully saturated rings. The highest BCUT2D eigenvalue weighted by atomic mass is 35.5. The number of piperazine rings is 1. The first kappa shape index (κ1) is 22.9. The van der Waals surface area contributed by atoms with Crippen LogP contribution in [0.1, 0.15) is 46.0 Å². The summed E-state index contributed by atoms with van der Waals surface area (Å²) in [4.78, 5) is 17.0. The molecule has 0 radical (unpaired) electrons. The van der Waals surface area contributed by atoms with Gasteiger partial charge in [0.05, 0.1) is 18.2 Å². The number of carbonyl (C=O) groups is 1. The van der Waals surface area contributed by atoms with Crippen molar-refractivity contribution in [1.82, 2.24) is 9.80 Å². The standard InChI is InChI=1S/C16H31N3O2.2ClH/c1-14(2)21-13-12-18-8-10-19(11-9-18)15(20)16(17)6-4-3-5-7-16;;/h14H,3-13,17H2,1-2H3;2*1H. The lowest BCUT2D eigenvalue weighted by Crippen LogP contribution is -2.60. The van der Waals surface area contributed by atoms with E-state index in [2.05, 4.69) is 18.7 Å². The lowest BCUT2D eigenvalue weighted by atomic mass is 9.81. The smallest absolute Gasteiger partial charge is 0.242 e. The number of nitrogens with two attached hydrogens (primary N) is 1. The van der Waals surface area contributed by atoms with Gasteiger partial charge in [0.15, 0.2) is 0 Å². The van der Waals surface area contributed by atoms with Gasteiger partial charge >= 0.3 is 0 Å². The van der Waals surface area contributed by atoms with E-state index >= 15 is 0 Å². The highest BCUT2D eigenvalue weighted by molar-refractivity contribution is 5.86. The molecular formula is C16H33Cl2N3O2. The van der Waals surface area contributed by atoms with E-state index in [0.29, 0.717) is 0 Å². The Morgan fingerprint density at radius 1 is 1.09 bits per heavy atom. The Bertz CT molecular complexity index is 342. The van der Waals surface area contributed by atoms with E-state index < -0.39 is 5.54 Å². The topological polar surface area (TPSA) is 58.8 Å². The van der Waals surface area contributed by atoms with E-state index in [1.807, 2.05) is 4.90 Å². The molecule has 0 spiro atoms. The molecule has 0 bridgehead atoms. The number of halogens is 2. The quantitative estimate of drug-likeness (QED) is 0.805. The minimum atomic E-state index is -0.582. The first-order chi connectivity index (χ1) is 10.0. The number of carbonyl (C=O) groups excluding carboxylic acids is 1. The Labute approximate surface area is 153 Å². The Kier molecular flexibility index (Phi) is 10.7. The summed E-state index contributed by atoms with van der Waals surface area (Å²) in [7, 11) is 0. The van der Waals surface area contributed by atoms with Crippen molar-refractivity contribution < 1.29 is 9.53 Å². The molecule has 0 aromatic rings. The average molecular weight is 370 g/mol. The van der Waals surface area contributed by atoms with Crippen molar-refractivity contribution in [2.45, 2.75) is 57.6 Å². The fraction of sp³-hybridized carbons (Fsp3) is 0.938. The predicted molar refractivity (Wildman–Crippen MR) is 98.6 cm³/mol. The monoisotopic (exact) mass is 369 g/mol. The normalized spacial score (nSPS) is 21.5. The second-order valence-corrected chi connectivity index (χ2v) is 6.77. The maximum Gasteiger partial charge on any atom is 0.242 e. The Morgan fingerprint density at radius 2 is 1.65 bits per heavy atom.